The average Bonchev–Trinajstić information content (AvgIpc) is 2.48. The van der Waals surface area contributed by atoms with Crippen molar-refractivity contribution < 1.29 is 4.74 Å². The fourth-order valence-electron chi connectivity index (χ4n) is 3.56. The Bertz CT molecular complexity index is 445. The normalized spacial score (nSPS) is 23.6. The van der Waals surface area contributed by atoms with Crippen LogP contribution in [0.25, 0.3) is 0 Å². The summed E-state index contributed by atoms with van der Waals surface area (Å²) >= 11 is 0. The number of rotatable bonds is 4. The highest BCUT2D eigenvalue weighted by Crippen LogP contribution is 2.21. The van der Waals surface area contributed by atoms with E-state index in [0.29, 0.717) is 5.92 Å². The lowest BCUT2D eigenvalue weighted by Crippen LogP contribution is -2.36. The van der Waals surface area contributed by atoms with Gasteiger partial charge in [-0.15, -0.1) is 0 Å². The van der Waals surface area contributed by atoms with Gasteiger partial charge in [0.25, 0.3) is 0 Å². The van der Waals surface area contributed by atoms with E-state index in [1.807, 2.05) is 7.11 Å². The molecule has 0 aromatic heterocycles. The third kappa shape index (κ3) is 3.40. The summed E-state index contributed by atoms with van der Waals surface area (Å²) in [5.74, 6) is 0.716. The van der Waals surface area contributed by atoms with Crippen LogP contribution in [0.2, 0.25) is 0 Å². The van der Waals surface area contributed by atoms with E-state index in [4.69, 9.17) is 4.74 Å². The number of piperidine rings is 1. The number of hydrogen-bond acceptors (Lipinski definition) is 3. The molecule has 1 atom stereocenters. The number of nitrogens with one attached hydrogen (secondary N) is 1. The van der Waals surface area contributed by atoms with E-state index in [2.05, 4.69) is 28.4 Å². The summed E-state index contributed by atoms with van der Waals surface area (Å²) in [5, 5.41) is 3.47. The van der Waals surface area contributed by atoms with Gasteiger partial charge in [-0.3, -0.25) is 4.90 Å². The highest BCUT2D eigenvalue weighted by atomic mass is 16.5. The minimum absolute atomic E-state index is 0.716. The zero-order valence-electron chi connectivity index (χ0n) is 12.5. The van der Waals surface area contributed by atoms with Crippen molar-refractivity contribution in [1.29, 1.82) is 0 Å². The molecule has 110 valence electrons. The smallest absolute Gasteiger partial charge is 0.0502 e. The predicted octanol–water partition coefficient (Wildman–Crippen LogP) is 2.19. The molecule has 2 heterocycles. The van der Waals surface area contributed by atoms with E-state index < -0.39 is 0 Å². The zero-order chi connectivity index (χ0) is 13.8. The van der Waals surface area contributed by atoms with E-state index in [0.717, 1.165) is 26.2 Å². The van der Waals surface area contributed by atoms with E-state index in [-0.39, 0.29) is 0 Å². The van der Waals surface area contributed by atoms with Crippen LogP contribution < -0.4 is 5.32 Å². The van der Waals surface area contributed by atoms with Crippen LogP contribution in [0, 0.1) is 5.92 Å². The summed E-state index contributed by atoms with van der Waals surface area (Å²) in [6.45, 7) is 6.57. The summed E-state index contributed by atoms with van der Waals surface area (Å²) < 4.78 is 5.32. The van der Waals surface area contributed by atoms with Gasteiger partial charge in [-0.2, -0.15) is 0 Å². The van der Waals surface area contributed by atoms with Crippen LogP contribution in [-0.4, -0.2) is 38.3 Å². The van der Waals surface area contributed by atoms with Gasteiger partial charge in [0.15, 0.2) is 0 Å². The summed E-state index contributed by atoms with van der Waals surface area (Å²) in [7, 11) is 1.81. The molecule has 1 aromatic carbocycles. The number of benzene rings is 1. The molecule has 20 heavy (non-hydrogen) atoms. The van der Waals surface area contributed by atoms with Crippen molar-refractivity contribution in [1.82, 2.24) is 10.2 Å². The van der Waals surface area contributed by atoms with Crippen molar-refractivity contribution in [2.75, 3.05) is 33.4 Å². The Balaban J connectivity index is 1.62. The molecular weight excluding hydrogens is 248 g/mol. The molecule has 0 bridgehead atoms. The van der Waals surface area contributed by atoms with Crippen molar-refractivity contribution in [2.24, 2.45) is 5.92 Å². The molecule has 0 radical (unpaired) electrons. The minimum Gasteiger partial charge on any atom is -0.384 e. The van der Waals surface area contributed by atoms with Crippen LogP contribution in [-0.2, 0) is 24.2 Å². The third-order valence-electron chi connectivity index (χ3n) is 4.57. The van der Waals surface area contributed by atoms with Gasteiger partial charge < -0.3 is 10.1 Å². The Hall–Kier alpha value is -0.900. The number of ether oxygens (including phenoxy) is 1. The molecule has 2 aliphatic heterocycles. The largest absolute Gasteiger partial charge is 0.384 e. The predicted molar refractivity (Wildman–Crippen MR) is 81.7 cm³/mol. The molecule has 1 N–H and O–H groups in total. The maximum absolute atomic E-state index is 5.32. The van der Waals surface area contributed by atoms with E-state index in [1.165, 1.54) is 49.0 Å². The topological polar surface area (TPSA) is 24.5 Å². The van der Waals surface area contributed by atoms with Gasteiger partial charge in [-0.05, 0) is 55.0 Å². The van der Waals surface area contributed by atoms with Gasteiger partial charge in [-0.1, -0.05) is 18.2 Å². The van der Waals surface area contributed by atoms with Crippen molar-refractivity contribution in [3.63, 3.8) is 0 Å². The van der Waals surface area contributed by atoms with Crippen LogP contribution in [0.5, 0.6) is 0 Å². The molecule has 3 heteroatoms. The molecule has 0 aliphatic carbocycles. The third-order valence-corrected chi connectivity index (χ3v) is 4.57. The first-order valence-corrected chi connectivity index (χ1v) is 7.88. The standard InChI is InChI=1S/C17H26N2O/c1-20-13-15-3-2-8-19(12-15)11-14-4-5-16-6-7-18-10-17(16)9-14/h4-5,9,15,18H,2-3,6-8,10-13H2,1H3. The van der Waals surface area contributed by atoms with Crippen molar-refractivity contribution in [2.45, 2.75) is 32.4 Å². The average molecular weight is 274 g/mol. The maximum Gasteiger partial charge on any atom is 0.0502 e. The molecule has 1 unspecified atom stereocenters. The highest BCUT2D eigenvalue weighted by molar-refractivity contribution is 5.33. The summed E-state index contributed by atoms with van der Waals surface area (Å²) in [5.41, 5.74) is 4.49. The number of fused-ring (bicyclic) bond motifs is 1. The molecule has 2 aliphatic rings. The van der Waals surface area contributed by atoms with Crippen LogP contribution in [0.3, 0.4) is 0 Å². The lowest BCUT2D eigenvalue weighted by molar-refractivity contribution is 0.0873. The maximum atomic E-state index is 5.32. The summed E-state index contributed by atoms with van der Waals surface area (Å²) in [6, 6.07) is 7.06. The second-order valence-corrected chi connectivity index (χ2v) is 6.23. The van der Waals surface area contributed by atoms with E-state index in [1.54, 1.807) is 0 Å². The van der Waals surface area contributed by atoms with Crippen LogP contribution in [0.4, 0.5) is 0 Å². The monoisotopic (exact) mass is 274 g/mol. The SMILES string of the molecule is COCC1CCCN(Cc2ccc3c(c2)CNCC3)C1. The van der Waals surface area contributed by atoms with Gasteiger partial charge in [0.2, 0.25) is 0 Å². The van der Waals surface area contributed by atoms with Crippen LogP contribution in [0.15, 0.2) is 18.2 Å². The van der Waals surface area contributed by atoms with Gasteiger partial charge in [0, 0.05) is 26.7 Å². The first kappa shape index (κ1) is 14.1. The number of methoxy groups -OCH3 is 1. The van der Waals surface area contributed by atoms with Gasteiger partial charge in [-0.25, -0.2) is 0 Å². The molecule has 3 nitrogen and oxygen atoms in total. The van der Waals surface area contributed by atoms with E-state index in [9.17, 15) is 0 Å². The minimum atomic E-state index is 0.716. The lowest BCUT2D eigenvalue weighted by atomic mass is 9.96. The highest BCUT2D eigenvalue weighted by Gasteiger charge is 2.20. The Morgan fingerprint density at radius 3 is 3.20 bits per heavy atom. The quantitative estimate of drug-likeness (QED) is 0.911. The Labute approximate surface area is 122 Å². The van der Waals surface area contributed by atoms with Crippen LogP contribution >= 0.6 is 0 Å². The van der Waals surface area contributed by atoms with E-state index >= 15 is 0 Å². The lowest BCUT2D eigenvalue weighted by Gasteiger charge is -2.32. The number of likely N-dealkylation sites (tertiary alicyclic amines) is 1. The first-order valence-electron chi connectivity index (χ1n) is 7.88. The van der Waals surface area contributed by atoms with Gasteiger partial charge in [0.1, 0.15) is 0 Å². The second-order valence-electron chi connectivity index (χ2n) is 6.23. The summed E-state index contributed by atoms with van der Waals surface area (Å²) in [6.07, 6.45) is 3.80. The fourth-order valence-corrected chi connectivity index (χ4v) is 3.56. The Morgan fingerprint density at radius 2 is 2.30 bits per heavy atom. The zero-order valence-corrected chi connectivity index (χ0v) is 12.5. The molecular formula is C17H26N2O. The molecule has 3 rings (SSSR count). The van der Waals surface area contributed by atoms with Crippen molar-refractivity contribution in [3.8, 4) is 0 Å². The van der Waals surface area contributed by atoms with Crippen molar-refractivity contribution >= 4 is 0 Å². The molecule has 0 saturated carbocycles. The van der Waals surface area contributed by atoms with Crippen molar-refractivity contribution in [3.05, 3.63) is 34.9 Å². The van der Waals surface area contributed by atoms with Gasteiger partial charge in [0.05, 0.1) is 6.61 Å². The molecule has 1 saturated heterocycles. The van der Waals surface area contributed by atoms with Gasteiger partial charge >= 0.3 is 0 Å². The molecule has 0 spiro atoms. The Kier molecular flexibility index (Phi) is 4.71. The first-order chi connectivity index (χ1) is 9.85. The Morgan fingerprint density at radius 1 is 1.35 bits per heavy atom. The molecule has 1 aromatic rings. The number of hydrogen-bond donors (Lipinski definition) is 1. The summed E-state index contributed by atoms with van der Waals surface area (Å²) in [4.78, 5) is 2.59. The molecule has 1 fully saturated rings. The van der Waals surface area contributed by atoms with Crippen LogP contribution in [0.1, 0.15) is 29.5 Å². The number of nitrogens with zero attached hydrogens (tertiary/aromatic N) is 1. The fraction of sp³-hybridized carbons (Fsp3) is 0.647. The second kappa shape index (κ2) is 6.70. The molecule has 0 amide bonds.